The van der Waals surface area contributed by atoms with Crippen LogP contribution in [0.15, 0.2) is 12.5 Å². The molecule has 0 unspecified atom stereocenters. The van der Waals surface area contributed by atoms with Crippen molar-refractivity contribution in [2.24, 2.45) is 0 Å². The van der Waals surface area contributed by atoms with Gasteiger partial charge in [-0.2, -0.15) is 0 Å². The summed E-state index contributed by atoms with van der Waals surface area (Å²) in [6.07, 6.45) is 4.43. The van der Waals surface area contributed by atoms with E-state index in [-0.39, 0.29) is 5.92 Å². The maximum atomic E-state index is 6.13. The molecule has 0 aliphatic rings. The first kappa shape index (κ1) is 14.2. The molecule has 2 rings (SSSR count). The second-order valence-corrected chi connectivity index (χ2v) is 6.07. The van der Waals surface area contributed by atoms with Crippen molar-refractivity contribution in [2.45, 2.75) is 39.7 Å². The van der Waals surface area contributed by atoms with Gasteiger partial charge in [0.1, 0.15) is 22.3 Å². The first-order valence-corrected chi connectivity index (χ1v) is 7.49. The number of hydrogen-bond donors (Lipinski definition) is 1. The number of anilines is 1. The standard InChI is InChI=1S/C13H17ClN4S/c1-4-9-5-15-10(19-9)6-16-13-11(8(2)3)12(14)17-7-18-13/h5,7-8H,4,6H2,1-3H3,(H,16,17,18). The van der Waals surface area contributed by atoms with Crippen molar-refractivity contribution in [2.75, 3.05) is 5.32 Å². The molecule has 4 nitrogen and oxygen atoms in total. The van der Waals surface area contributed by atoms with Crippen molar-refractivity contribution in [3.05, 3.63) is 33.1 Å². The van der Waals surface area contributed by atoms with Gasteiger partial charge in [-0.3, -0.25) is 0 Å². The fourth-order valence-electron chi connectivity index (χ4n) is 1.78. The normalized spacial score (nSPS) is 11.0. The molecule has 0 radical (unpaired) electrons. The summed E-state index contributed by atoms with van der Waals surface area (Å²) in [5, 5.41) is 4.87. The minimum Gasteiger partial charge on any atom is -0.363 e. The molecule has 2 heterocycles. The van der Waals surface area contributed by atoms with E-state index in [1.807, 2.05) is 6.20 Å². The van der Waals surface area contributed by atoms with E-state index < -0.39 is 0 Å². The van der Waals surface area contributed by atoms with E-state index in [2.05, 4.69) is 41.0 Å². The molecule has 6 heteroatoms. The Kier molecular flexibility index (Phi) is 4.71. The fourth-order valence-corrected chi connectivity index (χ4v) is 2.93. The highest BCUT2D eigenvalue weighted by atomic mass is 35.5. The molecule has 0 amide bonds. The van der Waals surface area contributed by atoms with Crippen molar-refractivity contribution in [3.8, 4) is 0 Å². The molecular formula is C13H17ClN4S. The molecule has 2 aromatic heterocycles. The lowest BCUT2D eigenvalue weighted by Crippen LogP contribution is -2.06. The maximum absolute atomic E-state index is 6.13. The van der Waals surface area contributed by atoms with Gasteiger partial charge in [0, 0.05) is 16.6 Å². The first-order valence-electron chi connectivity index (χ1n) is 6.29. The lowest BCUT2D eigenvalue weighted by Gasteiger charge is -2.13. The molecule has 0 saturated heterocycles. The largest absolute Gasteiger partial charge is 0.363 e. The van der Waals surface area contributed by atoms with Gasteiger partial charge < -0.3 is 5.32 Å². The topological polar surface area (TPSA) is 50.7 Å². The number of hydrogen-bond acceptors (Lipinski definition) is 5. The van der Waals surface area contributed by atoms with Crippen LogP contribution in [0.5, 0.6) is 0 Å². The third kappa shape index (κ3) is 3.42. The summed E-state index contributed by atoms with van der Waals surface area (Å²) in [6, 6.07) is 0. The SMILES string of the molecule is CCc1cnc(CNc2ncnc(Cl)c2C(C)C)s1. The monoisotopic (exact) mass is 296 g/mol. The molecule has 0 aliphatic carbocycles. The van der Waals surface area contributed by atoms with E-state index in [9.17, 15) is 0 Å². The van der Waals surface area contributed by atoms with Crippen molar-refractivity contribution in [1.82, 2.24) is 15.0 Å². The van der Waals surface area contributed by atoms with Crippen LogP contribution in [-0.4, -0.2) is 15.0 Å². The van der Waals surface area contributed by atoms with E-state index in [4.69, 9.17) is 11.6 Å². The average molecular weight is 297 g/mol. The molecule has 1 N–H and O–H groups in total. The highest BCUT2D eigenvalue weighted by Crippen LogP contribution is 2.28. The molecule has 0 atom stereocenters. The fraction of sp³-hybridized carbons (Fsp3) is 0.462. The Labute approximate surface area is 122 Å². The Bertz CT molecular complexity index is 553. The van der Waals surface area contributed by atoms with Gasteiger partial charge in [-0.25, -0.2) is 15.0 Å². The van der Waals surface area contributed by atoms with E-state index in [0.717, 1.165) is 22.8 Å². The summed E-state index contributed by atoms with van der Waals surface area (Å²) in [7, 11) is 0. The van der Waals surface area contributed by atoms with E-state index in [1.165, 1.54) is 11.2 Å². The lowest BCUT2D eigenvalue weighted by atomic mass is 10.1. The van der Waals surface area contributed by atoms with Crippen LogP contribution in [0, 0.1) is 0 Å². The average Bonchev–Trinajstić information content (AvgIpc) is 2.83. The third-order valence-electron chi connectivity index (χ3n) is 2.77. The van der Waals surface area contributed by atoms with Gasteiger partial charge in [-0.1, -0.05) is 32.4 Å². The van der Waals surface area contributed by atoms with E-state index in [1.54, 1.807) is 11.3 Å². The Morgan fingerprint density at radius 3 is 2.74 bits per heavy atom. The van der Waals surface area contributed by atoms with Crippen LogP contribution in [0.3, 0.4) is 0 Å². The molecule has 19 heavy (non-hydrogen) atoms. The Morgan fingerprint density at radius 1 is 1.32 bits per heavy atom. The van der Waals surface area contributed by atoms with Crippen LogP contribution in [0.2, 0.25) is 5.15 Å². The Morgan fingerprint density at radius 2 is 2.11 bits per heavy atom. The summed E-state index contributed by atoms with van der Waals surface area (Å²) in [6.45, 7) is 6.95. The van der Waals surface area contributed by atoms with Gasteiger partial charge in [0.2, 0.25) is 0 Å². The molecule has 0 bridgehead atoms. The van der Waals surface area contributed by atoms with Crippen molar-refractivity contribution < 1.29 is 0 Å². The molecule has 0 aromatic carbocycles. The molecule has 0 aliphatic heterocycles. The zero-order chi connectivity index (χ0) is 13.8. The van der Waals surface area contributed by atoms with Crippen molar-refractivity contribution in [3.63, 3.8) is 0 Å². The van der Waals surface area contributed by atoms with E-state index >= 15 is 0 Å². The Balaban J connectivity index is 2.13. The summed E-state index contributed by atoms with van der Waals surface area (Å²) < 4.78 is 0. The molecule has 0 fully saturated rings. The summed E-state index contributed by atoms with van der Waals surface area (Å²) in [5.41, 5.74) is 0.955. The van der Waals surface area contributed by atoms with Gasteiger partial charge in [0.05, 0.1) is 6.54 Å². The third-order valence-corrected chi connectivity index (χ3v) is 4.21. The number of aromatic nitrogens is 3. The van der Waals surface area contributed by atoms with E-state index in [0.29, 0.717) is 11.7 Å². The zero-order valence-corrected chi connectivity index (χ0v) is 12.8. The summed E-state index contributed by atoms with van der Waals surface area (Å²) >= 11 is 7.85. The number of rotatable bonds is 5. The van der Waals surface area contributed by atoms with Gasteiger partial charge in [0.15, 0.2) is 0 Å². The van der Waals surface area contributed by atoms with Gasteiger partial charge in [0.25, 0.3) is 0 Å². The quantitative estimate of drug-likeness (QED) is 0.851. The van der Waals surface area contributed by atoms with Crippen molar-refractivity contribution >= 4 is 28.8 Å². The molecule has 0 saturated carbocycles. The first-order chi connectivity index (χ1) is 9.11. The van der Waals surface area contributed by atoms with Crippen LogP contribution in [0.25, 0.3) is 0 Å². The number of nitrogens with one attached hydrogen (secondary N) is 1. The van der Waals surface area contributed by atoms with Gasteiger partial charge in [-0.05, 0) is 12.3 Å². The van der Waals surface area contributed by atoms with Crippen LogP contribution < -0.4 is 5.32 Å². The summed E-state index contributed by atoms with van der Waals surface area (Å²) in [4.78, 5) is 14.0. The van der Waals surface area contributed by atoms with Crippen molar-refractivity contribution in [1.29, 1.82) is 0 Å². The predicted molar refractivity (Wildman–Crippen MR) is 79.9 cm³/mol. The number of nitrogens with zero attached hydrogens (tertiary/aromatic N) is 3. The lowest BCUT2D eigenvalue weighted by molar-refractivity contribution is 0.844. The van der Waals surface area contributed by atoms with Gasteiger partial charge in [-0.15, -0.1) is 11.3 Å². The number of halogens is 1. The van der Waals surface area contributed by atoms with Crippen LogP contribution in [0.4, 0.5) is 5.82 Å². The zero-order valence-electron chi connectivity index (χ0n) is 11.3. The number of thiazole rings is 1. The summed E-state index contributed by atoms with van der Waals surface area (Å²) in [5.74, 6) is 1.07. The van der Waals surface area contributed by atoms with Gasteiger partial charge >= 0.3 is 0 Å². The molecule has 0 spiro atoms. The van der Waals surface area contributed by atoms with Crippen LogP contribution >= 0.6 is 22.9 Å². The Hall–Kier alpha value is -1.20. The predicted octanol–water partition coefficient (Wildman–Crippen LogP) is 3.88. The second kappa shape index (κ2) is 6.30. The minimum absolute atomic E-state index is 0.277. The minimum atomic E-state index is 0.277. The van der Waals surface area contributed by atoms with Crippen LogP contribution in [0.1, 0.15) is 42.1 Å². The number of aryl methyl sites for hydroxylation is 1. The maximum Gasteiger partial charge on any atom is 0.138 e. The molecular weight excluding hydrogens is 280 g/mol. The highest BCUT2D eigenvalue weighted by Gasteiger charge is 2.13. The molecule has 102 valence electrons. The second-order valence-electron chi connectivity index (χ2n) is 4.51. The smallest absolute Gasteiger partial charge is 0.138 e. The van der Waals surface area contributed by atoms with Crippen LogP contribution in [-0.2, 0) is 13.0 Å². The highest BCUT2D eigenvalue weighted by molar-refractivity contribution is 7.11. The molecule has 2 aromatic rings.